The Balaban J connectivity index is 1.83. The molecule has 1 saturated heterocycles. The van der Waals surface area contributed by atoms with Crippen LogP contribution in [0.4, 0.5) is 10.2 Å². The minimum Gasteiger partial charge on any atom is -0.507 e. The highest BCUT2D eigenvalue weighted by atomic mass is 35.5. The van der Waals surface area contributed by atoms with Crippen LogP contribution in [-0.2, 0) is 9.36 Å². The first-order valence-corrected chi connectivity index (χ1v) is 17.4. The molecule has 3 aromatic heterocycles. The highest BCUT2D eigenvalue weighted by Crippen LogP contribution is 2.42. The van der Waals surface area contributed by atoms with Crippen molar-refractivity contribution < 1.29 is 18.9 Å². The number of hydrogen-bond donors (Lipinski definition) is 1. The van der Waals surface area contributed by atoms with Crippen LogP contribution in [0.5, 0.6) is 5.75 Å². The van der Waals surface area contributed by atoms with E-state index in [1.165, 1.54) is 28.8 Å². The van der Waals surface area contributed by atoms with E-state index in [0.29, 0.717) is 46.3 Å². The first-order chi connectivity index (χ1) is 20.2. The van der Waals surface area contributed by atoms with E-state index in [4.69, 9.17) is 16.6 Å². The summed E-state index contributed by atoms with van der Waals surface area (Å²) in [5.74, 6) is -1.14. The lowest BCUT2D eigenvalue weighted by Crippen LogP contribution is -2.54. The van der Waals surface area contributed by atoms with Crippen LogP contribution in [0.15, 0.2) is 41.7 Å². The van der Waals surface area contributed by atoms with E-state index >= 15 is 4.39 Å². The minimum atomic E-state index is -2.79. The number of halogens is 2. The van der Waals surface area contributed by atoms with Gasteiger partial charge in [-0.1, -0.05) is 49.4 Å². The number of phenols is 1. The van der Waals surface area contributed by atoms with Gasteiger partial charge < -0.3 is 19.5 Å². The summed E-state index contributed by atoms with van der Waals surface area (Å²) in [5, 5.41) is 11.4. The number of benzene rings is 1. The van der Waals surface area contributed by atoms with Crippen molar-refractivity contribution in [3.63, 3.8) is 0 Å². The number of hydrogen-bond acceptors (Lipinski definition) is 9. The van der Waals surface area contributed by atoms with E-state index in [2.05, 4.69) is 16.5 Å². The van der Waals surface area contributed by atoms with Crippen molar-refractivity contribution in [1.29, 1.82) is 0 Å². The van der Waals surface area contributed by atoms with Crippen LogP contribution in [-0.4, -0.2) is 74.4 Å². The second-order valence-electron chi connectivity index (χ2n) is 11.1. The summed E-state index contributed by atoms with van der Waals surface area (Å²) in [6.07, 6.45) is 1.27. The molecule has 5 rings (SSSR count). The van der Waals surface area contributed by atoms with Gasteiger partial charge in [-0.15, -0.1) is 0 Å². The third-order valence-electron chi connectivity index (χ3n) is 7.25. The molecule has 1 aromatic carbocycles. The van der Waals surface area contributed by atoms with Gasteiger partial charge in [0.1, 0.15) is 29.5 Å². The highest BCUT2D eigenvalue weighted by Gasteiger charge is 2.32. The zero-order valence-electron chi connectivity index (χ0n) is 24.3. The average Bonchev–Trinajstić information content (AvgIpc) is 3.39. The zero-order chi connectivity index (χ0) is 31.4. The summed E-state index contributed by atoms with van der Waals surface area (Å²) in [5.41, 5.74) is -0.279. The normalized spacial score (nSPS) is 15.9. The second-order valence-corrected chi connectivity index (χ2v) is 15.9. The number of aromatic nitrogens is 4. The van der Waals surface area contributed by atoms with Crippen LogP contribution < -0.4 is 15.3 Å². The third-order valence-corrected chi connectivity index (χ3v) is 11.0. The van der Waals surface area contributed by atoms with Gasteiger partial charge in [0.25, 0.3) is 0 Å². The number of piperazine rings is 1. The third kappa shape index (κ3) is 5.59. The largest absolute Gasteiger partial charge is 0.507 e. The Morgan fingerprint density at radius 1 is 1.26 bits per heavy atom. The molecule has 0 bridgehead atoms. The number of phenolic OH excluding ortho intramolecular Hbond substituents is 1. The van der Waals surface area contributed by atoms with Crippen molar-refractivity contribution in [3.8, 4) is 22.0 Å². The number of amides is 1. The fourth-order valence-electron chi connectivity index (χ4n) is 5.11. The monoisotopic (exact) mass is 644 g/mol. The van der Waals surface area contributed by atoms with Gasteiger partial charge >= 0.3 is 5.69 Å². The molecule has 1 aliphatic heterocycles. The molecule has 0 saturated carbocycles. The summed E-state index contributed by atoms with van der Waals surface area (Å²) in [7, 11) is -2.79. The van der Waals surface area contributed by atoms with Crippen LogP contribution in [0, 0.1) is 5.82 Å². The molecule has 1 amide bonds. The number of aromatic hydroxyl groups is 1. The predicted molar refractivity (Wildman–Crippen MR) is 170 cm³/mol. The van der Waals surface area contributed by atoms with Gasteiger partial charge in [-0.2, -0.15) is 4.98 Å². The van der Waals surface area contributed by atoms with Crippen molar-refractivity contribution >= 4 is 57.6 Å². The highest BCUT2D eigenvalue weighted by molar-refractivity contribution is 7.75. The van der Waals surface area contributed by atoms with Crippen molar-refractivity contribution in [3.05, 3.63) is 63.9 Å². The van der Waals surface area contributed by atoms with E-state index < -0.39 is 18.6 Å². The van der Waals surface area contributed by atoms with Gasteiger partial charge in [0.15, 0.2) is 10.4 Å². The topological polar surface area (TPSA) is 122 Å². The molecule has 226 valence electrons. The van der Waals surface area contributed by atoms with Gasteiger partial charge in [0, 0.05) is 25.7 Å². The first-order valence-electron chi connectivity index (χ1n) is 13.6. The van der Waals surface area contributed by atoms with Gasteiger partial charge in [0.2, 0.25) is 5.91 Å². The Hall–Kier alpha value is -3.60. The Morgan fingerprint density at radius 3 is 2.58 bits per heavy atom. The van der Waals surface area contributed by atoms with E-state index in [1.807, 2.05) is 25.7 Å². The summed E-state index contributed by atoms with van der Waals surface area (Å²) in [6.45, 7) is 13.6. The first kappa shape index (κ1) is 30.8. The number of carbonyl (C=O) groups is 1. The minimum absolute atomic E-state index is 0.0370. The number of pyridine rings is 1. The smallest absolute Gasteiger partial charge is 0.356 e. The van der Waals surface area contributed by atoms with Crippen molar-refractivity contribution in [2.45, 2.75) is 32.7 Å². The molecule has 10 nitrogen and oxygen atoms in total. The molecule has 1 N–H and O–H groups in total. The molecule has 0 radical (unpaired) electrons. The Morgan fingerprint density at radius 2 is 1.98 bits per heavy atom. The molecule has 1 aliphatic rings. The number of anilines is 1. The quantitative estimate of drug-likeness (QED) is 0.230. The van der Waals surface area contributed by atoms with Gasteiger partial charge in [-0.3, -0.25) is 4.79 Å². The molecule has 14 heteroatoms. The van der Waals surface area contributed by atoms with Crippen LogP contribution in [0.25, 0.3) is 27.3 Å². The van der Waals surface area contributed by atoms with Gasteiger partial charge in [-0.05, 0) is 50.4 Å². The van der Waals surface area contributed by atoms with E-state index in [1.54, 1.807) is 24.3 Å². The molecule has 0 unspecified atom stereocenters. The predicted octanol–water partition coefficient (Wildman–Crippen LogP) is 5.00. The summed E-state index contributed by atoms with van der Waals surface area (Å²) in [4.78, 5) is 43.7. The van der Waals surface area contributed by atoms with Crippen molar-refractivity contribution in [1.82, 2.24) is 24.4 Å². The Labute approximate surface area is 256 Å². The van der Waals surface area contributed by atoms with Crippen LogP contribution in [0.2, 0.25) is 5.02 Å². The fraction of sp³-hybridized carbons (Fsp3) is 0.345. The van der Waals surface area contributed by atoms with Crippen molar-refractivity contribution in [2.75, 3.05) is 37.9 Å². The van der Waals surface area contributed by atoms with Gasteiger partial charge in [0.05, 0.1) is 27.4 Å². The molecule has 1 atom stereocenters. The molecule has 43 heavy (non-hydrogen) atoms. The van der Waals surface area contributed by atoms with E-state index in [-0.39, 0.29) is 45.5 Å². The van der Waals surface area contributed by atoms with E-state index in [0.717, 1.165) is 11.3 Å². The molecular formula is C29H31ClFN6O4PS. The molecule has 4 heterocycles. The number of nitrogens with zero attached hydrogens (tertiary/aromatic N) is 6. The maximum atomic E-state index is 15.1. The van der Waals surface area contributed by atoms with Crippen LogP contribution >= 0.6 is 30.1 Å². The second kappa shape index (κ2) is 11.5. The lowest BCUT2D eigenvalue weighted by Gasteiger charge is -2.40. The maximum absolute atomic E-state index is 15.1. The lowest BCUT2D eigenvalue weighted by atomic mass is 10.1. The summed E-state index contributed by atoms with van der Waals surface area (Å²) in [6, 6.07) is 5.19. The molecule has 0 spiro atoms. The number of thiazole rings is 1. The maximum Gasteiger partial charge on any atom is 0.356 e. The van der Waals surface area contributed by atoms with Crippen LogP contribution in [0.1, 0.15) is 32.4 Å². The zero-order valence-corrected chi connectivity index (χ0v) is 26.8. The molecular weight excluding hydrogens is 614 g/mol. The lowest BCUT2D eigenvalue weighted by molar-refractivity contribution is -0.126. The Kier molecular flexibility index (Phi) is 8.24. The van der Waals surface area contributed by atoms with Gasteiger partial charge in [-0.25, -0.2) is 23.7 Å². The molecule has 4 aromatic rings. The Bertz CT molecular complexity index is 1870. The van der Waals surface area contributed by atoms with Crippen LogP contribution in [0.3, 0.4) is 0 Å². The molecule has 0 aliphatic carbocycles. The van der Waals surface area contributed by atoms with Crippen molar-refractivity contribution in [2.24, 2.45) is 0 Å². The number of rotatable bonds is 6. The number of fused-ring (bicyclic) bond motifs is 1. The fourth-order valence-corrected chi connectivity index (χ4v) is 7.80. The average molecular weight is 645 g/mol. The SMILES string of the molecule is C=CC(=O)N1CCN(c2nc(=O)n(-c3sc(P(C)(C)=O)nc3C(C)C)c3nc(-c4c(O)cccc4F)c(Cl)cc23)[C@@H](C)C1. The number of carbonyl (C=O) groups excluding carboxylic acids is 1. The summed E-state index contributed by atoms with van der Waals surface area (Å²) < 4.78 is 29.8. The van der Waals surface area contributed by atoms with E-state index in [9.17, 15) is 19.3 Å². The summed E-state index contributed by atoms with van der Waals surface area (Å²) >= 11 is 7.83. The molecule has 1 fully saturated rings. The standard InChI is InChI=1S/C29H31ClFN6O4PS/c1-7-21(39)35-11-12-36(16(4)14-35)25-17-13-18(30)24(22-19(31)9-8-10-20(22)38)32-26(17)37(28(40)34-25)27-23(15(2)3)33-29(43-27)42(5,6)41/h7-10,13,15-16,38H,1,11-12,14H2,2-6H3/t16-/m0/s1.